The molecule has 0 saturated heterocycles. The van der Waals surface area contributed by atoms with E-state index >= 15 is 0 Å². The van der Waals surface area contributed by atoms with Gasteiger partial charge in [-0.1, -0.05) is 207 Å². The van der Waals surface area contributed by atoms with Gasteiger partial charge >= 0.3 is 0 Å². The summed E-state index contributed by atoms with van der Waals surface area (Å²) in [5.74, 6) is 0.751. The summed E-state index contributed by atoms with van der Waals surface area (Å²) >= 11 is 0. The largest absolute Gasteiger partial charge is 0.313 e. The first-order valence-corrected chi connectivity index (χ1v) is 21.1. The second kappa shape index (κ2) is 16.1. The maximum Gasteiger partial charge on any atom is 0.0537 e. The summed E-state index contributed by atoms with van der Waals surface area (Å²) in [5.41, 5.74) is 19.3. The summed E-state index contributed by atoms with van der Waals surface area (Å²) in [7, 11) is 0. The molecule has 8 aromatic carbocycles. The molecule has 0 bridgehead atoms. The molecule has 284 valence electrons. The minimum absolute atomic E-state index is 0.273. The molecule has 2 atom stereocenters. The molecule has 9 aromatic rings. The highest BCUT2D eigenvalue weighted by molar-refractivity contribution is 5.93. The molecule has 0 amide bonds. The standard InChI is InChI=1S/C58H47N/c1-41-11-10-17-56-55-16-8-9-18-57(55)59(58(41)56)53-38-36-50(37-39-53)45-22-19-42(20-23-45)21-40-54(51-32-28-47(29-33-51)44-14-6-3-7-15-44)52-34-30-49(31-35-52)48-26-24-46(25-27-48)43-12-4-2-5-13-43/h2-10,12-20,22-39,41,54H,11,21,40H2,1H3/t41?,54-/m1/s1. The Morgan fingerprint density at radius 1 is 0.458 bits per heavy atom. The third-order valence-electron chi connectivity index (χ3n) is 12.4. The molecule has 0 spiro atoms. The van der Waals surface area contributed by atoms with Crippen molar-refractivity contribution in [3.8, 4) is 50.2 Å². The zero-order valence-corrected chi connectivity index (χ0v) is 33.5. The number of benzene rings is 8. The van der Waals surface area contributed by atoms with E-state index in [1.165, 1.54) is 89.0 Å². The fourth-order valence-electron chi connectivity index (χ4n) is 9.16. The summed E-state index contributed by atoms with van der Waals surface area (Å²) in [6, 6.07) is 75.9. The van der Waals surface area contributed by atoms with Crippen molar-refractivity contribution in [3.63, 3.8) is 0 Å². The summed E-state index contributed by atoms with van der Waals surface area (Å²) in [4.78, 5) is 0. The smallest absolute Gasteiger partial charge is 0.0537 e. The van der Waals surface area contributed by atoms with Crippen molar-refractivity contribution in [3.05, 3.63) is 240 Å². The highest BCUT2D eigenvalue weighted by Gasteiger charge is 2.23. The Hall–Kier alpha value is -6.96. The van der Waals surface area contributed by atoms with Crippen LogP contribution < -0.4 is 0 Å². The molecule has 10 rings (SSSR count). The van der Waals surface area contributed by atoms with Gasteiger partial charge in [0, 0.05) is 34.2 Å². The van der Waals surface area contributed by atoms with Crippen molar-refractivity contribution in [2.75, 3.05) is 0 Å². The van der Waals surface area contributed by atoms with Crippen molar-refractivity contribution in [1.82, 2.24) is 4.57 Å². The van der Waals surface area contributed by atoms with Crippen molar-refractivity contribution in [1.29, 1.82) is 0 Å². The van der Waals surface area contributed by atoms with Crippen LogP contribution in [0.3, 0.4) is 0 Å². The van der Waals surface area contributed by atoms with Gasteiger partial charge in [-0.05, 0) is 98.7 Å². The molecule has 0 N–H and O–H groups in total. The van der Waals surface area contributed by atoms with Gasteiger partial charge < -0.3 is 4.57 Å². The van der Waals surface area contributed by atoms with E-state index in [4.69, 9.17) is 0 Å². The number of allylic oxidation sites excluding steroid dienone is 1. The average molecular weight is 758 g/mol. The van der Waals surface area contributed by atoms with Crippen LogP contribution in [0.1, 0.15) is 59.5 Å². The highest BCUT2D eigenvalue weighted by atomic mass is 15.0. The lowest BCUT2D eigenvalue weighted by Gasteiger charge is -2.20. The molecule has 0 fully saturated rings. The molecule has 59 heavy (non-hydrogen) atoms. The zero-order chi connectivity index (χ0) is 39.5. The van der Waals surface area contributed by atoms with Crippen molar-refractivity contribution < 1.29 is 0 Å². The lowest BCUT2D eigenvalue weighted by Crippen LogP contribution is -2.06. The van der Waals surface area contributed by atoms with Crippen LogP contribution in [0.2, 0.25) is 0 Å². The summed E-state index contributed by atoms with van der Waals surface area (Å²) in [5, 5.41) is 1.33. The number of fused-ring (bicyclic) bond motifs is 3. The van der Waals surface area contributed by atoms with Crippen LogP contribution in [0.25, 0.3) is 67.2 Å². The van der Waals surface area contributed by atoms with Gasteiger partial charge in [0.05, 0.1) is 5.52 Å². The maximum atomic E-state index is 2.48. The van der Waals surface area contributed by atoms with Crippen molar-refractivity contribution >= 4 is 17.0 Å². The SMILES string of the molecule is CC1CC=Cc2c1n(-c1ccc(-c3ccc(CC[C@H](c4ccc(-c5ccccc5)cc4)c4ccc(-c5ccc(-c6ccccc6)cc5)cc4)cc3)cc1)c1ccccc21. The van der Waals surface area contributed by atoms with E-state index in [-0.39, 0.29) is 5.92 Å². The van der Waals surface area contributed by atoms with Crippen LogP contribution >= 0.6 is 0 Å². The van der Waals surface area contributed by atoms with Crippen LogP contribution in [-0.4, -0.2) is 4.57 Å². The second-order valence-corrected chi connectivity index (χ2v) is 16.1. The number of aromatic nitrogens is 1. The quantitative estimate of drug-likeness (QED) is 0.131. The van der Waals surface area contributed by atoms with E-state index in [2.05, 4.69) is 230 Å². The van der Waals surface area contributed by atoms with Gasteiger partial charge in [-0.3, -0.25) is 0 Å². The van der Waals surface area contributed by atoms with Crippen LogP contribution in [0, 0.1) is 0 Å². The van der Waals surface area contributed by atoms with Crippen LogP contribution in [0.5, 0.6) is 0 Å². The minimum atomic E-state index is 0.273. The molecule has 1 unspecified atom stereocenters. The van der Waals surface area contributed by atoms with E-state index < -0.39 is 0 Å². The Bertz CT molecular complexity index is 2840. The first-order valence-electron chi connectivity index (χ1n) is 21.1. The van der Waals surface area contributed by atoms with E-state index in [1.54, 1.807) is 0 Å². The molecule has 1 aliphatic carbocycles. The van der Waals surface area contributed by atoms with Gasteiger partial charge in [0.2, 0.25) is 0 Å². The van der Waals surface area contributed by atoms with Gasteiger partial charge in [-0.15, -0.1) is 0 Å². The maximum absolute atomic E-state index is 2.48. The first-order chi connectivity index (χ1) is 29.2. The fourth-order valence-corrected chi connectivity index (χ4v) is 9.16. The van der Waals surface area contributed by atoms with Crippen LogP contribution in [-0.2, 0) is 6.42 Å². The van der Waals surface area contributed by atoms with Crippen LogP contribution in [0.4, 0.5) is 0 Å². The fraction of sp³-hybridized carbons (Fsp3) is 0.103. The lowest BCUT2D eigenvalue weighted by molar-refractivity contribution is 0.715. The molecule has 0 radical (unpaired) electrons. The topological polar surface area (TPSA) is 4.93 Å². The van der Waals surface area contributed by atoms with Crippen molar-refractivity contribution in [2.24, 2.45) is 0 Å². The molecular weight excluding hydrogens is 711 g/mol. The van der Waals surface area contributed by atoms with Crippen LogP contribution in [0.15, 0.2) is 212 Å². The van der Waals surface area contributed by atoms with E-state index in [0.29, 0.717) is 5.92 Å². The Morgan fingerprint density at radius 3 is 1.41 bits per heavy atom. The third kappa shape index (κ3) is 7.37. The third-order valence-corrected chi connectivity index (χ3v) is 12.4. The van der Waals surface area contributed by atoms with Gasteiger partial charge in [0.25, 0.3) is 0 Å². The molecule has 1 aliphatic rings. The summed E-state index contributed by atoms with van der Waals surface area (Å²) in [6.45, 7) is 2.35. The number of aryl methyl sites for hydroxylation is 1. The van der Waals surface area contributed by atoms with E-state index in [9.17, 15) is 0 Å². The van der Waals surface area contributed by atoms with Gasteiger partial charge in [-0.2, -0.15) is 0 Å². The van der Waals surface area contributed by atoms with Gasteiger partial charge in [0.15, 0.2) is 0 Å². The Morgan fingerprint density at radius 2 is 0.881 bits per heavy atom. The zero-order valence-electron chi connectivity index (χ0n) is 33.5. The number of hydrogen-bond acceptors (Lipinski definition) is 0. The normalized spacial score (nSPS) is 13.9. The average Bonchev–Trinajstić information content (AvgIpc) is 3.66. The van der Waals surface area contributed by atoms with E-state index in [0.717, 1.165) is 19.3 Å². The summed E-state index contributed by atoms with van der Waals surface area (Å²) < 4.78 is 2.48. The molecule has 1 heteroatoms. The Labute approximate surface area is 348 Å². The predicted octanol–water partition coefficient (Wildman–Crippen LogP) is 15.6. The molecule has 1 aromatic heterocycles. The minimum Gasteiger partial charge on any atom is -0.313 e. The second-order valence-electron chi connectivity index (χ2n) is 16.1. The molecular formula is C58H47N. The lowest BCUT2D eigenvalue weighted by atomic mass is 9.85. The van der Waals surface area contributed by atoms with Gasteiger partial charge in [-0.25, -0.2) is 0 Å². The molecule has 1 heterocycles. The molecule has 0 aliphatic heterocycles. The predicted molar refractivity (Wildman–Crippen MR) is 250 cm³/mol. The summed E-state index contributed by atoms with van der Waals surface area (Å²) in [6.07, 6.45) is 7.73. The monoisotopic (exact) mass is 757 g/mol. The van der Waals surface area contributed by atoms with E-state index in [1.807, 2.05) is 0 Å². The number of hydrogen-bond donors (Lipinski definition) is 0. The molecule has 0 saturated carbocycles. The first kappa shape index (κ1) is 36.4. The Kier molecular flexibility index (Phi) is 9.94. The number of nitrogens with zero attached hydrogens (tertiary/aromatic N) is 1. The van der Waals surface area contributed by atoms with Crippen molar-refractivity contribution in [2.45, 2.75) is 38.0 Å². The molecule has 1 nitrogen and oxygen atoms in total. The highest BCUT2D eigenvalue weighted by Crippen LogP contribution is 2.40. The Balaban J connectivity index is 0.884. The van der Waals surface area contributed by atoms with Gasteiger partial charge in [0.1, 0.15) is 0 Å². The number of para-hydroxylation sites is 1. The number of rotatable bonds is 10.